The largest absolute Gasteiger partial charge is 0.321 e. The maximum Gasteiger partial charge on any atom is 0.282 e. The second-order valence-corrected chi connectivity index (χ2v) is 6.29. The van der Waals surface area contributed by atoms with Crippen molar-refractivity contribution in [3.8, 4) is 0 Å². The summed E-state index contributed by atoms with van der Waals surface area (Å²) >= 11 is 0. The summed E-state index contributed by atoms with van der Waals surface area (Å²) < 4.78 is 27.5. The monoisotopic (exact) mass is 369 g/mol. The van der Waals surface area contributed by atoms with Crippen molar-refractivity contribution < 1.29 is 13.6 Å². The zero-order chi connectivity index (χ0) is 19.4. The molecule has 0 radical (unpaired) electrons. The standard InChI is InChI=1S/C21H21F2N3O/c1-3-6-14-9-11-15(12-10-14)16-7-4-5-8-18(16)24-21(27)17-13-26(2)25-19(17)20(22)23/h4-9,11-13,20H,3,10H2,1-2H3,(H,24,27). The summed E-state index contributed by atoms with van der Waals surface area (Å²) in [5.41, 5.74) is 3.02. The minimum Gasteiger partial charge on any atom is -0.321 e. The predicted molar refractivity (Wildman–Crippen MR) is 103 cm³/mol. The minimum atomic E-state index is -2.81. The summed E-state index contributed by atoms with van der Waals surface area (Å²) in [5, 5.41) is 6.44. The number of nitrogens with one attached hydrogen (secondary N) is 1. The van der Waals surface area contributed by atoms with E-state index in [-0.39, 0.29) is 5.56 Å². The number of aryl methyl sites for hydroxylation is 1. The van der Waals surface area contributed by atoms with Crippen LogP contribution in [-0.2, 0) is 7.05 Å². The van der Waals surface area contributed by atoms with Gasteiger partial charge in [-0.25, -0.2) is 8.78 Å². The Kier molecular flexibility index (Phi) is 5.64. The second-order valence-electron chi connectivity index (χ2n) is 6.29. The van der Waals surface area contributed by atoms with Gasteiger partial charge in [-0.3, -0.25) is 9.48 Å². The number of amides is 1. The molecule has 0 saturated heterocycles. The van der Waals surface area contributed by atoms with Gasteiger partial charge in [0.2, 0.25) is 0 Å². The van der Waals surface area contributed by atoms with Crippen molar-refractivity contribution in [3.63, 3.8) is 0 Å². The van der Waals surface area contributed by atoms with Crippen LogP contribution in [0.4, 0.5) is 14.5 Å². The number of carbonyl (C=O) groups excluding carboxylic acids is 1. The number of alkyl halides is 2. The molecule has 3 rings (SSSR count). The molecule has 2 aromatic rings. The zero-order valence-corrected chi connectivity index (χ0v) is 15.2. The van der Waals surface area contributed by atoms with Crippen LogP contribution in [0.25, 0.3) is 5.57 Å². The predicted octanol–water partition coefficient (Wildman–Crippen LogP) is 5.29. The lowest BCUT2D eigenvalue weighted by Gasteiger charge is -2.15. The van der Waals surface area contributed by atoms with Crippen molar-refractivity contribution >= 4 is 17.2 Å². The molecule has 4 nitrogen and oxygen atoms in total. The molecule has 1 N–H and O–H groups in total. The van der Waals surface area contributed by atoms with E-state index in [1.165, 1.54) is 23.5 Å². The zero-order valence-electron chi connectivity index (χ0n) is 15.2. The Morgan fingerprint density at radius 3 is 2.78 bits per heavy atom. The van der Waals surface area contributed by atoms with Crippen LogP contribution in [0.15, 0.2) is 60.3 Å². The lowest BCUT2D eigenvalue weighted by molar-refractivity contribution is 0.101. The number of hydrogen-bond acceptors (Lipinski definition) is 2. The van der Waals surface area contributed by atoms with Crippen molar-refractivity contribution in [1.82, 2.24) is 9.78 Å². The summed E-state index contributed by atoms with van der Waals surface area (Å²) in [6, 6.07) is 7.34. The number of rotatable bonds is 5. The van der Waals surface area contributed by atoms with Gasteiger partial charge in [0, 0.05) is 24.5 Å². The van der Waals surface area contributed by atoms with E-state index < -0.39 is 18.0 Å². The number of benzene rings is 1. The van der Waals surface area contributed by atoms with Crippen LogP contribution in [0, 0.1) is 0 Å². The molecule has 0 saturated carbocycles. The Morgan fingerprint density at radius 2 is 2.11 bits per heavy atom. The van der Waals surface area contributed by atoms with Gasteiger partial charge in [0.05, 0.1) is 5.56 Å². The Morgan fingerprint density at radius 1 is 1.33 bits per heavy atom. The Bertz CT molecular complexity index is 939. The highest BCUT2D eigenvalue weighted by Crippen LogP contribution is 2.30. The molecule has 0 fully saturated rings. The number of para-hydroxylation sites is 1. The Hall–Kier alpha value is -3.02. The minimum absolute atomic E-state index is 0.122. The van der Waals surface area contributed by atoms with Crippen LogP contribution in [0.2, 0.25) is 0 Å². The average Bonchev–Trinajstić information content (AvgIpc) is 3.06. The number of aromatic nitrogens is 2. The van der Waals surface area contributed by atoms with Gasteiger partial charge >= 0.3 is 0 Å². The number of nitrogens with zero attached hydrogens (tertiary/aromatic N) is 2. The number of allylic oxidation sites excluding steroid dienone is 6. The molecule has 6 heteroatoms. The van der Waals surface area contributed by atoms with Gasteiger partial charge in [0.25, 0.3) is 12.3 Å². The van der Waals surface area contributed by atoms with Gasteiger partial charge in [0.1, 0.15) is 5.69 Å². The highest BCUT2D eigenvalue weighted by atomic mass is 19.3. The number of hydrogen-bond donors (Lipinski definition) is 1. The van der Waals surface area contributed by atoms with Crippen LogP contribution < -0.4 is 5.32 Å². The molecule has 1 heterocycles. The first-order chi connectivity index (χ1) is 13.0. The molecular formula is C21H21F2N3O. The Balaban J connectivity index is 1.87. The summed E-state index contributed by atoms with van der Waals surface area (Å²) in [7, 11) is 1.51. The Labute approximate surface area is 156 Å². The summed E-state index contributed by atoms with van der Waals surface area (Å²) in [5.74, 6) is -0.599. The van der Waals surface area contributed by atoms with Gasteiger partial charge in [-0.2, -0.15) is 5.10 Å². The summed E-state index contributed by atoms with van der Waals surface area (Å²) in [6.07, 6.45) is 8.63. The molecule has 0 atom stereocenters. The topological polar surface area (TPSA) is 46.9 Å². The van der Waals surface area contributed by atoms with E-state index in [0.29, 0.717) is 5.69 Å². The lowest BCUT2D eigenvalue weighted by Crippen LogP contribution is -2.14. The van der Waals surface area contributed by atoms with Crippen molar-refractivity contribution in [2.75, 3.05) is 5.32 Å². The summed E-state index contributed by atoms with van der Waals surface area (Å²) in [6.45, 7) is 2.09. The van der Waals surface area contributed by atoms with Gasteiger partial charge in [-0.1, -0.05) is 49.4 Å². The van der Waals surface area contributed by atoms with E-state index in [1.807, 2.05) is 18.2 Å². The van der Waals surface area contributed by atoms with Crippen LogP contribution in [-0.4, -0.2) is 15.7 Å². The summed E-state index contributed by atoms with van der Waals surface area (Å²) in [4.78, 5) is 12.6. The molecule has 0 bridgehead atoms. The molecule has 1 aliphatic carbocycles. The molecule has 0 spiro atoms. The molecule has 0 unspecified atom stereocenters. The van der Waals surface area contributed by atoms with Crippen molar-refractivity contribution in [1.29, 1.82) is 0 Å². The van der Waals surface area contributed by atoms with Crippen molar-refractivity contribution in [3.05, 3.63) is 77.2 Å². The van der Waals surface area contributed by atoms with Crippen LogP contribution in [0.5, 0.6) is 0 Å². The third-order valence-corrected chi connectivity index (χ3v) is 4.30. The smallest absolute Gasteiger partial charge is 0.282 e. The quantitative estimate of drug-likeness (QED) is 0.778. The molecule has 27 heavy (non-hydrogen) atoms. The van der Waals surface area contributed by atoms with Gasteiger partial charge in [0.15, 0.2) is 0 Å². The third kappa shape index (κ3) is 4.22. The molecule has 1 amide bonds. The fraction of sp³-hybridized carbons (Fsp3) is 0.238. The lowest BCUT2D eigenvalue weighted by atomic mass is 9.95. The van der Waals surface area contributed by atoms with E-state index in [9.17, 15) is 13.6 Å². The van der Waals surface area contributed by atoms with Crippen molar-refractivity contribution in [2.45, 2.75) is 26.2 Å². The van der Waals surface area contributed by atoms with E-state index in [1.54, 1.807) is 12.1 Å². The van der Waals surface area contributed by atoms with Crippen LogP contribution in [0.3, 0.4) is 0 Å². The number of carbonyl (C=O) groups is 1. The third-order valence-electron chi connectivity index (χ3n) is 4.30. The normalized spacial score (nSPS) is 15.3. The van der Waals surface area contributed by atoms with E-state index in [4.69, 9.17) is 0 Å². The maximum absolute atomic E-state index is 13.1. The van der Waals surface area contributed by atoms with Gasteiger partial charge < -0.3 is 5.32 Å². The number of halogens is 2. The van der Waals surface area contributed by atoms with Gasteiger partial charge in [-0.05, 0) is 30.1 Å². The van der Waals surface area contributed by atoms with Crippen molar-refractivity contribution in [2.24, 2.45) is 7.05 Å². The first-order valence-corrected chi connectivity index (χ1v) is 8.79. The molecule has 1 aliphatic rings. The van der Waals surface area contributed by atoms with E-state index >= 15 is 0 Å². The average molecular weight is 369 g/mol. The molecule has 1 aromatic carbocycles. The van der Waals surface area contributed by atoms with E-state index in [0.717, 1.165) is 24.0 Å². The first kappa shape index (κ1) is 18.8. The van der Waals surface area contributed by atoms with Gasteiger partial charge in [-0.15, -0.1) is 0 Å². The molecule has 1 aromatic heterocycles. The highest BCUT2D eigenvalue weighted by Gasteiger charge is 2.23. The molecule has 140 valence electrons. The number of anilines is 1. The maximum atomic E-state index is 13.1. The second kappa shape index (κ2) is 8.12. The highest BCUT2D eigenvalue weighted by molar-refractivity contribution is 6.06. The van der Waals surface area contributed by atoms with E-state index in [2.05, 4.69) is 35.6 Å². The SMILES string of the molecule is CCC=C1C=CC(c2ccccc2NC(=O)c2cn(C)nc2C(F)F)=CC1. The fourth-order valence-corrected chi connectivity index (χ4v) is 3.05. The molecule has 0 aliphatic heterocycles. The van der Waals surface area contributed by atoms with Crippen LogP contribution in [0.1, 0.15) is 47.8 Å². The fourth-order valence-electron chi connectivity index (χ4n) is 3.05. The first-order valence-electron chi connectivity index (χ1n) is 8.79. The van der Waals surface area contributed by atoms with Crippen LogP contribution >= 0.6 is 0 Å². The molecular weight excluding hydrogens is 348 g/mol.